The highest BCUT2D eigenvalue weighted by Gasteiger charge is 2.24. The van der Waals surface area contributed by atoms with E-state index in [-0.39, 0.29) is 12.2 Å². The van der Waals surface area contributed by atoms with Gasteiger partial charge < -0.3 is 19.5 Å². The van der Waals surface area contributed by atoms with Gasteiger partial charge >= 0.3 is 0 Å². The fourth-order valence-electron chi connectivity index (χ4n) is 3.39. The third kappa shape index (κ3) is 3.97. The van der Waals surface area contributed by atoms with Crippen LogP contribution in [0.15, 0.2) is 12.1 Å². The molecule has 2 atom stereocenters. The lowest BCUT2D eigenvalue weighted by Gasteiger charge is -2.32. The highest BCUT2D eigenvalue weighted by molar-refractivity contribution is 5.49. The first kappa shape index (κ1) is 16.6. The summed E-state index contributed by atoms with van der Waals surface area (Å²) in [6, 6.07) is 4.16. The molecule has 3 rings (SSSR count). The van der Waals surface area contributed by atoms with E-state index >= 15 is 0 Å². The summed E-state index contributed by atoms with van der Waals surface area (Å²) < 4.78 is 17.2. The van der Waals surface area contributed by atoms with E-state index in [1.807, 2.05) is 0 Å². The van der Waals surface area contributed by atoms with Gasteiger partial charge in [0.1, 0.15) is 17.6 Å². The fourth-order valence-corrected chi connectivity index (χ4v) is 3.39. The largest absolute Gasteiger partial charge is 0.497 e. The van der Waals surface area contributed by atoms with Crippen LogP contribution in [0.25, 0.3) is 0 Å². The number of hydrogen-bond acceptors (Lipinski definition) is 5. The van der Waals surface area contributed by atoms with Gasteiger partial charge in [-0.25, -0.2) is 0 Å². The molecule has 1 saturated heterocycles. The first-order valence-electron chi connectivity index (χ1n) is 8.60. The van der Waals surface area contributed by atoms with Crippen LogP contribution in [0.5, 0.6) is 11.5 Å². The molecule has 128 valence electrons. The molecule has 1 fully saturated rings. The van der Waals surface area contributed by atoms with Crippen molar-refractivity contribution >= 4 is 0 Å². The Bertz CT molecular complexity index is 535. The van der Waals surface area contributed by atoms with E-state index < -0.39 is 0 Å². The molecule has 0 bridgehead atoms. The number of likely N-dealkylation sites (N-methyl/N-ethyl adjacent to an activating group) is 1. The van der Waals surface area contributed by atoms with Crippen molar-refractivity contribution in [3.8, 4) is 11.5 Å². The zero-order valence-corrected chi connectivity index (χ0v) is 14.4. The molecule has 1 aromatic rings. The zero-order chi connectivity index (χ0) is 16.2. The van der Waals surface area contributed by atoms with Crippen molar-refractivity contribution in [3.05, 3.63) is 23.3 Å². The molecule has 0 radical (unpaired) electrons. The Morgan fingerprint density at radius 1 is 1.39 bits per heavy atom. The molecule has 2 aliphatic heterocycles. The lowest BCUT2D eigenvalue weighted by atomic mass is 10.1. The van der Waals surface area contributed by atoms with Crippen LogP contribution < -0.4 is 14.8 Å². The molecule has 0 amide bonds. The monoisotopic (exact) mass is 320 g/mol. The number of methoxy groups -OCH3 is 1. The van der Waals surface area contributed by atoms with E-state index in [9.17, 15) is 0 Å². The summed E-state index contributed by atoms with van der Waals surface area (Å²) in [5, 5.41) is 3.52. The molecule has 0 saturated carbocycles. The van der Waals surface area contributed by atoms with Crippen molar-refractivity contribution in [1.29, 1.82) is 0 Å². The quantitative estimate of drug-likeness (QED) is 0.866. The van der Waals surface area contributed by atoms with E-state index in [2.05, 4.69) is 36.2 Å². The van der Waals surface area contributed by atoms with Crippen LogP contribution in [0.1, 0.15) is 25.0 Å². The molecule has 5 heteroatoms. The van der Waals surface area contributed by atoms with Crippen LogP contribution in [0.2, 0.25) is 0 Å². The molecule has 5 nitrogen and oxygen atoms in total. The second-order valence-electron chi connectivity index (χ2n) is 6.42. The summed E-state index contributed by atoms with van der Waals surface area (Å²) in [4.78, 5) is 2.43. The molecular weight excluding hydrogens is 292 g/mol. The van der Waals surface area contributed by atoms with Gasteiger partial charge in [0.2, 0.25) is 0 Å². The maximum atomic E-state index is 5.98. The van der Waals surface area contributed by atoms with Crippen LogP contribution in [0, 0.1) is 0 Å². The zero-order valence-electron chi connectivity index (χ0n) is 14.4. The Morgan fingerprint density at radius 3 is 3.04 bits per heavy atom. The first-order valence-corrected chi connectivity index (χ1v) is 8.60. The van der Waals surface area contributed by atoms with Gasteiger partial charge in [0.05, 0.1) is 19.8 Å². The Hall–Kier alpha value is -1.30. The molecule has 2 heterocycles. The number of morpholine rings is 1. The van der Waals surface area contributed by atoms with Gasteiger partial charge in [0.25, 0.3) is 0 Å². The first-order chi connectivity index (χ1) is 11.2. The second-order valence-corrected chi connectivity index (χ2v) is 6.42. The van der Waals surface area contributed by atoms with Crippen molar-refractivity contribution in [3.63, 3.8) is 0 Å². The topological polar surface area (TPSA) is 43.0 Å². The van der Waals surface area contributed by atoms with Crippen molar-refractivity contribution < 1.29 is 14.2 Å². The lowest BCUT2D eigenvalue weighted by Crippen LogP contribution is -2.46. The van der Waals surface area contributed by atoms with E-state index in [4.69, 9.17) is 14.2 Å². The van der Waals surface area contributed by atoms with Crippen LogP contribution in [0.3, 0.4) is 0 Å². The Labute approximate surface area is 138 Å². The van der Waals surface area contributed by atoms with Gasteiger partial charge in [-0.2, -0.15) is 0 Å². The average molecular weight is 320 g/mol. The van der Waals surface area contributed by atoms with Crippen LogP contribution in [0.4, 0.5) is 0 Å². The fraction of sp³-hybridized carbons (Fsp3) is 0.667. The number of ether oxygens (including phenoxy) is 3. The molecule has 2 unspecified atom stereocenters. The van der Waals surface area contributed by atoms with Gasteiger partial charge in [0.15, 0.2) is 0 Å². The van der Waals surface area contributed by atoms with Gasteiger partial charge in [-0.15, -0.1) is 0 Å². The summed E-state index contributed by atoms with van der Waals surface area (Å²) in [5.41, 5.74) is 2.42. The molecule has 1 N–H and O–H groups in total. The van der Waals surface area contributed by atoms with Gasteiger partial charge in [-0.05, 0) is 25.6 Å². The predicted molar refractivity (Wildman–Crippen MR) is 90.3 cm³/mol. The van der Waals surface area contributed by atoms with Crippen LogP contribution in [-0.4, -0.2) is 57.0 Å². The molecule has 0 aromatic heterocycles. The Morgan fingerprint density at radius 2 is 2.26 bits per heavy atom. The van der Waals surface area contributed by atoms with Gasteiger partial charge in [-0.3, -0.25) is 4.90 Å². The molecular formula is C18H28N2O3. The molecule has 23 heavy (non-hydrogen) atoms. The third-order valence-electron chi connectivity index (χ3n) is 4.64. The minimum atomic E-state index is 0.246. The molecule has 2 aliphatic rings. The van der Waals surface area contributed by atoms with E-state index in [1.165, 1.54) is 11.1 Å². The number of rotatable bonds is 6. The van der Waals surface area contributed by atoms with Crippen molar-refractivity contribution in [2.75, 3.05) is 39.9 Å². The molecule has 0 aliphatic carbocycles. The second kappa shape index (κ2) is 7.51. The highest BCUT2D eigenvalue weighted by Crippen LogP contribution is 2.36. The van der Waals surface area contributed by atoms with Gasteiger partial charge in [-0.1, -0.05) is 6.92 Å². The highest BCUT2D eigenvalue weighted by atomic mass is 16.5. The average Bonchev–Trinajstić information content (AvgIpc) is 2.95. The molecule has 1 aromatic carbocycles. The third-order valence-corrected chi connectivity index (χ3v) is 4.64. The summed E-state index contributed by atoms with van der Waals surface area (Å²) in [6.07, 6.45) is 1.47. The number of nitrogens with one attached hydrogen (secondary N) is 1. The maximum absolute atomic E-state index is 5.98. The summed E-state index contributed by atoms with van der Waals surface area (Å²) >= 11 is 0. The van der Waals surface area contributed by atoms with Crippen LogP contribution in [-0.2, 0) is 17.7 Å². The SMILES string of the molecule is CCN1CCOC(CNCc2cc(OC)cc3c2OC(C)C3)C1. The van der Waals surface area contributed by atoms with Crippen molar-refractivity contribution in [2.24, 2.45) is 0 Å². The summed E-state index contributed by atoms with van der Waals surface area (Å²) in [6.45, 7) is 9.92. The Kier molecular flexibility index (Phi) is 5.41. The predicted octanol–water partition coefficient (Wildman–Crippen LogP) is 1.83. The molecule has 0 spiro atoms. The normalized spacial score (nSPS) is 24.3. The van der Waals surface area contributed by atoms with Crippen LogP contribution >= 0.6 is 0 Å². The number of fused-ring (bicyclic) bond motifs is 1. The van der Waals surface area contributed by atoms with Crippen molar-refractivity contribution in [2.45, 2.75) is 39.0 Å². The smallest absolute Gasteiger partial charge is 0.127 e. The van der Waals surface area contributed by atoms with Crippen molar-refractivity contribution in [1.82, 2.24) is 10.2 Å². The minimum Gasteiger partial charge on any atom is -0.497 e. The summed E-state index contributed by atoms with van der Waals surface area (Å²) in [7, 11) is 1.72. The van der Waals surface area contributed by atoms with E-state index in [1.54, 1.807) is 7.11 Å². The standard InChI is InChI=1S/C18H28N2O3/c1-4-20-5-6-22-17(12-20)11-19-10-15-9-16(21-3)8-14-7-13(2)23-18(14)15/h8-9,13,17,19H,4-7,10-12H2,1-3H3. The lowest BCUT2D eigenvalue weighted by molar-refractivity contribution is -0.0254. The number of nitrogens with zero attached hydrogens (tertiary/aromatic N) is 1. The van der Waals surface area contributed by atoms with E-state index in [0.29, 0.717) is 0 Å². The van der Waals surface area contributed by atoms with E-state index in [0.717, 1.165) is 57.3 Å². The number of benzene rings is 1. The minimum absolute atomic E-state index is 0.246. The number of hydrogen-bond donors (Lipinski definition) is 1. The van der Waals surface area contributed by atoms with Gasteiger partial charge in [0, 0.05) is 43.7 Å². The maximum Gasteiger partial charge on any atom is 0.127 e. The Balaban J connectivity index is 1.59. The summed E-state index contributed by atoms with van der Waals surface area (Å²) in [5.74, 6) is 1.94.